The van der Waals surface area contributed by atoms with Crippen molar-refractivity contribution in [2.75, 3.05) is 20.6 Å². The Morgan fingerprint density at radius 2 is 2.12 bits per heavy atom. The molecule has 1 atom stereocenters. The van der Waals surface area contributed by atoms with Crippen LogP contribution in [-0.4, -0.2) is 47.8 Å². The van der Waals surface area contributed by atoms with Crippen LogP contribution in [-0.2, 0) is 4.79 Å². The van der Waals surface area contributed by atoms with Crippen LogP contribution in [0, 0.1) is 4.91 Å². The minimum Gasteiger partial charge on any atom is -0.379 e. The second kappa shape index (κ2) is 7.94. The third kappa shape index (κ3) is 6.25. The molecule has 0 aromatic carbocycles. The van der Waals surface area contributed by atoms with Gasteiger partial charge < -0.3 is 20.7 Å². The first kappa shape index (κ1) is 14.7. The Bertz CT molecular complexity index is 260. The molecule has 1 saturated heterocycles. The number of hydrogen-bond donors (Lipinski definition) is 3. The molecule has 0 bridgehead atoms. The highest BCUT2D eigenvalue weighted by Gasteiger charge is 2.25. The molecule has 1 fully saturated rings. The number of nitrogens with one attached hydrogen (secondary N) is 2. The largest absolute Gasteiger partial charge is 0.379 e. The maximum atomic E-state index is 11.2. The highest BCUT2D eigenvalue weighted by Crippen LogP contribution is 2.02. The van der Waals surface area contributed by atoms with Crippen molar-refractivity contribution in [2.24, 2.45) is 5.34 Å². The average Bonchev–Trinajstić information content (AvgIpc) is 2.46. The summed E-state index contributed by atoms with van der Waals surface area (Å²) in [5.41, 5.74) is 0. The summed E-state index contributed by atoms with van der Waals surface area (Å²) in [4.78, 5) is 21.4. The maximum Gasteiger partial charge on any atom is 0.248 e. The second-order valence-corrected chi connectivity index (χ2v) is 3.95. The lowest BCUT2D eigenvalue weighted by molar-refractivity contribution is -0.120. The summed E-state index contributed by atoms with van der Waals surface area (Å²) < 4.78 is 0. The van der Waals surface area contributed by atoms with Gasteiger partial charge in [0.1, 0.15) is 6.04 Å². The smallest absolute Gasteiger partial charge is 0.248 e. The fourth-order valence-corrected chi connectivity index (χ4v) is 1.52. The monoisotopic (exact) mass is 248 g/mol. The summed E-state index contributed by atoms with van der Waals surface area (Å²) in [5, 5.41) is 13.8. The van der Waals surface area contributed by atoms with E-state index in [1.54, 1.807) is 0 Å². The molecule has 16 heavy (non-hydrogen) atoms. The Kier molecular flexibility index (Phi) is 7.31. The number of carbonyl (C=O) groups is 1. The van der Waals surface area contributed by atoms with E-state index in [1.165, 1.54) is 5.34 Å². The molecule has 0 aromatic rings. The van der Waals surface area contributed by atoms with E-state index in [2.05, 4.69) is 15.5 Å². The molecule has 1 aliphatic rings. The quantitative estimate of drug-likeness (QED) is 0.364. The molecule has 1 heterocycles. The molecule has 1 unspecified atom stereocenters. The number of thiocarbonyl (C=S) groups is 1. The minimum atomic E-state index is -0.118. The molecule has 1 rings (SSSR count). The summed E-state index contributed by atoms with van der Waals surface area (Å²) >= 11 is 4.82. The van der Waals surface area contributed by atoms with Gasteiger partial charge in [-0.1, -0.05) is 0 Å². The van der Waals surface area contributed by atoms with Crippen molar-refractivity contribution in [3.63, 3.8) is 0 Å². The minimum absolute atomic E-state index is 0.00348. The van der Waals surface area contributed by atoms with Crippen LogP contribution in [0.3, 0.4) is 0 Å². The van der Waals surface area contributed by atoms with Crippen LogP contribution in [0.5, 0.6) is 0 Å². The zero-order chi connectivity index (χ0) is 12.6. The van der Waals surface area contributed by atoms with Crippen molar-refractivity contribution in [1.29, 1.82) is 0 Å². The summed E-state index contributed by atoms with van der Waals surface area (Å²) in [6.07, 6.45) is 1.84. The predicted octanol–water partition coefficient (Wildman–Crippen LogP) is -0.157. The van der Waals surface area contributed by atoms with Gasteiger partial charge in [-0.05, 0) is 45.7 Å². The van der Waals surface area contributed by atoms with Gasteiger partial charge in [0.15, 0.2) is 10.5 Å². The zero-order valence-corrected chi connectivity index (χ0v) is 10.1. The van der Waals surface area contributed by atoms with E-state index in [0.717, 1.165) is 19.4 Å². The van der Waals surface area contributed by atoms with Crippen molar-refractivity contribution < 1.29 is 10.0 Å². The van der Waals surface area contributed by atoms with E-state index in [4.69, 9.17) is 22.3 Å². The van der Waals surface area contributed by atoms with Crippen molar-refractivity contribution in [2.45, 2.75) is 18.9 Å². The van der Waals surface area contributed by atoms with Crippen LogP contribution in [0.2, 0.25) is 0 Å². The summed E-state index contributed by atoms with van der Waals surface area (Å²) in [7, 11) is 4.04. The molecular formula is C8H16N4O3S. The van der Waals surface area contributed by atoms with Crippen LogP contribution in [0.15, 0.2) is 5.34 Å². The van der Waals surface area contributed by atoms with E-state index < -0.39 is 0 Å². The fraction of sp³-hybridized carbons (Fsp3) is 0.750. The van der Waals surface area contributed by atoms with Crippen LogP contribution >= 0.6 is 12.2 Å². The van der Waals surface area contributed by atoms with E-state index >= 15 is 0 Å². The highest BCUT2D eigenvalue weighted by molar-refractivity contribution is 7.80. The molecule has 0 aliphatic carbocycles. The van der Waals surface area contributed by atoms with Crippen LogP contribution < -0.4 is 10.6 Å². The number of hydrogen-bond acceptors (Lipinski definition) is 5. The van der Waals surface area contributed by atoms with Gasteiger partial charge in [-0.25, -0.2) is 0 Å². The zero-order valence-electron chi connectivity index (χ0n) is 9.27. The molecule has 1 amide bonds. The highest BCUT2D eigenvalue weighted by atomic mass is 32.1. The molecule has 0 saturated carbocycles. The van der Waals surface area contributed by atoms with Crippen LogP contribution in [0.25, 0.3) is 0 Å². The van der Waals surface area contributed by atoms with E-state index in [9.17, 15) is 4.79 Å². The third-order valence-electron chi connectivity index (χ3n) is 1.96. The maximum absolute atomic E-state index is 11.2. The Hall–Kier alpha value is -1.28. The molecule has 0 spiro atoms. The lowest BCUT2D eigenvalue weighted by Gasteiger charge is -2.11. The Morgan fingerprint density at radius 1 is 1.56 bits per heavy atom. The van der Waals surface area contributed by atoms with Crippen LogP contribution in [0.4, 0.5) is 0 Å². The van der Waals surface area contributed by atoms with Gasteiger partial charge in [-0.15, -0.1) is 4.91 Å². The number of carbonyl (C=O) groups excluding carboxylic acids is 1. The van der Waals surface area contributed by atoms with E-state index in [1.807, 2.05) is 14.1 Å². The van der Waals surface area contributed by atoms with Gasteiger partial charge in [-0.3, -0.25) is 4.79 Å². The first-order valence-corrected chi connectivity index (χ1v) is 5.15. The fourth-order valence-electron chi connectivity index (χ4n) is 1.27. The predicted molar refractivity (Wildman–Crippen MR) is 63.0 cm³/mol. The molecule has 1 aliphatic heterocycles. The standard InChI is InChI=1S/C8H15N3OS.HNO2/c1-11(2)5-3-4-6-7(12)10-8(13)9-6;2-1-3/h6H,3-5H2,1-2H3,(H2,9,10,12,13);(H,2,3). The van der Waals surface area contributed by atoms with Crippen LogP contribution in [0.1, 0.15) is 12.8 Å². The summed E-state index contributed by atoms with van der Waals surface area (Å²) in [6, 6.07) is -0.118. The lowest BCUT2D eigenvalue weighted by atomic mass is 10.1. The first-order chi connectivity index (χ1) is 7.51. The SMILES string of the molecule is CN(C)CCCC1NC(=S)NC1=O.O=NO. The van der Waals surface area contributed by atoms with Gasteiger partial charge >= 0.3 is 0 Å². The van der Waals surface area contributed by atoms with E-state index in [-0.39, 0.29) is 11.9 Å². The number of amides is 1. The van der Waals surface area contributed by atoms with E-state index in [0.29, 0.717) is 5.11 Å². The van der Waals surface area contributed by atoms with Gasteiger partial charge in [0, 0.05) is 0 Å². The van der Waals surface area contributed by atoms with Gasteiger partial charge in [-0.2, -0.15) is 0 Å². The van der Waals surface area contributed by atoms with Gasteiger partial charge in [0.25, 0.3) is 0 Å². The molecule has 0 radical (unpaired) electrons. The second-order valence-electron chi connectivity index (χ2n) is 3.54. The number of rotatable bonds is 4. The Morgan fingerprint density at radius 3 is 2.50 bits per heavy atom. The molecular weight excluding hydrogens is 232 g/mol. The van der Waals surface area contributed by atoms with Crippen molar-refractivity contribution in [1.82, 2.24) is 15.5 Å². The molecule has 7 nitrogen and oxygen atoms in total. The average molecular weight is 248 g/mol. The van der Waals surface area contributed by atoms with Crippen molar-refractivity contribution in [3.05, 3.63) is 4.91 Å². The lowest BCUT2D eigenvalue weighted by Crippen LogP contribution is -2.29. The third-order valence-corrected chi connectivity index (χ3v) is 2.18. The van der Waals surface area contributed by atoms with Crippen molar-refractivity contribution >= 4 is 23.2 Å². The molecule has 8 heteroatoms. The summed E-state index contributed by atoms with van der Waals surface area (Å²) in [6.45, 7) is 0.998. The molecule has 3 N–H and O–H groups in total. The summed E-state index contributed by atoms with van der Waals surface area (Å²) in [5.74, 6) is 0.00348. The normalized spacial score (nSPS) is 18.6. The molecule has 92 valence electrons. The molecule has 0 aromatic heterocycles. The topological polar surface area (TPSA) is 94.0 Å². The van der Waals surface area contributed by atoms with Gasteiger partial charge in [0.2, 0.25) is 5.91 Å². The van der Waals surface area contributed by atoms with Gasteiger partial charge in [0.05, 0.1) is 0 Å². The van der Waals surface area contributed by atoms with Crippen molar-refractivity contribution in [3.8, 4) is 0 Å². The first-order valence-electron chi connectivity index (χ1n) is 4.74. The Labute approximate surface area is 99.1 Å². The number of nitrogens with zero attached hydrogens (tertiary/aromatic N) is 2. The Balaban J connectivity index is 0.000000673.